The van der Waals surface area contributed by atoms with E-state index in [-0.39, 0.29) is 5.91 Å². The van der Waals surface area contributed by atoms with E-state index in [1.807, 2.05) is 24.6 Å². The molecule has 0 atom stereocenters. The molecule has 2 aromatic heterocycles. The Labute approximate surface area is 137 Å². The van der Waals surface area contributed by atoms with Crippen LogP contribution in [0, 0.1) is 6.92 Å². The molecule has 0 fully saturated rings. The third-order valence-corrected chi connectivity index (χ3v) is 4.77. The SMILES string of the molecule is Cc1nnc(CNC(=O)CCCc2cc(Cl)sc2Cl)n1C. The van der Waals surface area contributed by atoms with Crippen molar-refractivity contribution in [3.63, 3.8) is 0 Å². The highest BCUT2D eigenvalue weighted by Gasteiger charge is 2.09. The van der Waals surface area contributed by atoms with Gasteiger partial charge in [-0.25, -0.2) is 0 Å². The highest BCUT2D eigenvalue weighted by molar-refractivity contribution is 7.20. The third kappa shape index (κ3) is 4.43. The molecule has 0 unspecified atom stereocenters. The summed E-state index contributed by atoms with van der Waals surface area (Å²) in [6.07, 6.45) is 1.93. The highest BCUT2D eigenvalue weighted by atomic mass is 35.5. The molecule has 8 heteroatoms. The second-order valence-corrected chi connectivity index (χ2v) is 6.99. The van der Waals surface area contributed by atoms with Crippen molar-refractivity contribution in [1.29, 1.82) is 0 Å². The number of hydrogen-bond acceptors (Lipinski definition) is 4. The second-order valence-electron chi connectivity index (χ2n) is 4.70. The number of halogens is 2. The Morgan fingerprint density at radius 2 is 2.19 bits per heavy atom. The molecule has 0 aliphatic heterocycles. The molecule has 0 spiro atoms. The summed E-state index contributed by atoms with van der Waals surface area (Å²) in [5, 5.41) is 10.8. The van der Waals surface area contributed by atoms with E-state index in [4.69, 9.17) is 23.2 Å². The molecule has 21 heavy (non-hydrogen) atoms. The van der Waals surface area contributed by atoms with Crippen molar-refractivity contribution in [3.8, 4) is 0 Å². The zero-order valence-electron chi connectivity index (χ0n) is 11.8. The van der Waals surface area contributed by atoms with Crippen molar-refractivity contribution >= 4 is 40.4 Å². The molecule has 2 rings (SSSR count). The van der Waals surface area contributed by atoms with E-state index < -0.39 is 0 Å². The molecule has 2 heterocycles. The van der Waals surface area contributed by atoms with Gasteiger partial charge in [-0.3, -0.25) is 4.79 Å². The maximum atomic E-state index is 11.8. The fourth-order valence-corrected chi connectivity index (χ4v) is 3.40. The van der Waals surface area contributed by atoms with Crippen molar-refractivity contribution in [2.75, 3.05) is 0 Å². The lowest BCUT2D eigenvalue weighted by atomic mass is 10.1. The summed E-state index contributed by atoms with van der Waals surface area (Å²) in [4.78, 5) is 11.8. The average Bonchev–Trinajstić information content (AvgIpc) is 2.91. The lowest BCUT2D eigenvalue weighted by molar-refractivity contribution is -0.121. The molecule has 0 bridgehead atoms. The number of nitrogens with one attached hydrogen (secondary N) is 1. The first-order valence-corrected chi connectivity index (χ1v) is 8.10. The van der Waals surface area contributed by atoms with Crippen LogP contribution in [0.25, 0.3) is 0 Å². The molecule has 0 aliphatic rings. The Hall–Kier alpha value is -1.11. The molecule has 0 aromatic carbocycles. The van der Waals surface area contributed by atoms with Crippen molar-refractivity contribution in [3.05, 3.63) is 32.0 Å². The third-order valence-electron chi connectivity index (χ3n) is 3.20. The maximum absolute atomic E-state index is 11.8. The number of carbonyl (C=O) groups is 1. The number of carbonyl (C=O) groups excluding carboxylic acids is 1. The molecule has 0 radical (unpaired) electrons. The summed E-state index contributed by atoms with van der Waals surface area (Å²) in [7, 11) is 1.87. The fraction of sp³-hybridized carbons (Fsp3) is 0.462. The van der Waals surface area contributed by atoms with Gasteiger partial charge in [0.25, 0.3) is 0 Å². The zero-order chi connectivity index (χ0) is 15.4. The number of hydrogen-bond donors (Lipinski definition) is 1. The normalized spacial score (nSPS) is 10.9. The molecule has 114 valence electrons. The van der Waals surface area contributed by atoms with E-state index in [0.717, 1.165) is 30.1 Å². The number of aromatic nitrogens is 3. The second kappa shape index (κ2) is 7.24. The van der Waals surface area contributed by atoms with E-state index in [2.05, 4.69) is 15.5 Å². The van der Waals surface area contributed by atoms with Crippen LogP contribution in [0.4, 0.5) is 0 Å². The maximum Gasteiger partial charge on any atom is 0.220 e. The fourth-order valence-electron chi connectivity index (χ4n) is 1.86. The van der Waals surface area contributed by atoms with E-state index in [1.165, 1.54) is 11.3 Å². The van der Waals surface area contributed by atoms with Crippen molar-refractivity contribution < 1.29 is 4.79 Å². The summed E-state index contributed by atoms with van der Waals surface area (Å²) >= 11 is 13.3. The monoisotopic (exact) mass is 346 g/mol. The predicted octanol–water partition coefficient (Wildman–Crippen LogP) is 3.13. The Bertz CT molecular complexity index is 638. The van der Waals surface area contributed by atoms with Crippen molar-refractivity contribution in [2.24, 2.45) is 7.05 Å². The molecule has 5 nitrogen and oxygen atoms in total. The molecule has 0 saturated carbocycles. The Morgan fingerprint density at radius 3 is 2.76 bits per heavy atom. The number of thiophene rings is 1. The largest absolute Gasteiger partial charge is 0.349 e. The predicted molar refractivity (Wildman–Crippen MR) is 84.9 cm³/mol. The molecule has 2 aromatic rings. The van der Waals surface area contributed by atoms with Gasteiger partial charge in [-0.2, -0.15) is 0 Å². The smallest absolute Gasteiger partial charge is 0.220 e. The van der Waals surface area contributed by atoms with Crippen LogP contribution in [0.2, 0.25) is 8.67 Å². The van der Waals surface area contributed by atoms with Gasteiger partial charge < -0.3 is 9.88 Å². The van der Waals surface area contributed by atoms with E-state index in [9.17, 15) is 4.79 Å². The van der Waals surface area contributed by atoms with E-state index >= 15 is 0 Å². The van der Waals surface area contributed by atoms with Crippen LogP contribution in [0.5, 0.6) is 0 Å². The van der Waals surface area contributed by atoms with Gasteiger partial charge in [0.15, 0.2) is 5.82 Å². The van der Waals surface area contributed by atoms with Gasteiger partial charge in [-0.15, -0.1) is 21.5 Å². The molecule has 0 aliphatic carbocycles. The summed E-state index contributed by atoms with van der Waals surface area (Å²) in [6.45, 7) is 2.26. The van der Waals surface area contributed by atoms with Crippen LogP contribution in [0.1, 0.15) is 30.1 Å². The minimum Gasteiger partial charge on any atom is -0.349 e. The molecular weight excluding hydrogens is 331 g/mol. The lowest BCUT2D eigenvalue weighted by Crippen LogP contribution is -2.24. The van der Waals surface area contributed by atoms with Gasteiger partial charge in [-0.1, -0.05) is 23.2 Å². The topological polar surface area (TPSA) is 59.8 Å². The number of rotatable bonds is 6. The van der Waals surface area contributed by atoms with Gasteiger partial charge in [0.05, 0.1) is 15.2 Å². The quantitative estimate of drug-likeness (QED) is 0.873. The van der Waals surface area contributed by atoms with Gasteiger partial charge in [0.1, 0.15) is 5.82 Å². The van der Waals surface area contributed by atoms with Crippen LogP contribution in [-0.2, 0) is 24.8 Å². The first-order chi connectivity index (χ1) is 9.97. The summed E-state index contributed by atoms with van der Waals surface area (Å²) in [5.74, 6) is 1.56. The molecule has 1 N–H and O–H groups in total. The van der Waals surface area contributed by atoms with Crippen molar-refractivity contribution in [2.45, 2.75) is 32.7 Å². The first-order valence-electron chi connectivity index (χ1n) is 6.52. The van der Waals surface area contributed by atoms with Crippen molar-refractivity contribution in [1.82, 2.24) is 20.1 Å². The Morgan fingerprint density at radius 1 is 1.43 bits per heavy atom. The van der Waals surface area contributed by atoms with Crippen LogP contribution >= 0.6 is 34.5 Å². The lowest BCUT2D eigenvalue weighted by Gasteiger charge is -2.05. The van der Waals surface area contributed by atoms with E-state index in [0.29, 0.717) is 21.6 Å². The standard InChI is InChI=1S/C13H16Cl2N4OS/c1-8-17-18-11(19(8)2)7-16-12(20)5-3-4-9-6-10(14)21-13(9)15/h6H,3-5,7H2,1-2H3,(H,16,20). The number of aryl methyl sites for hydroxylation is 2. The number of nitrogens with zero attached hydrogens (tertiary/aromatic N) is 3. The minimum atomic E-state index is -0.00639. The first kappa shape index (κ1) is 16.3. The van der Waals surface area contributed by atoms with Gasteiger partial charge in [0.2, 0.25) is 5.91 Å². The van der Waals surface area contributed by atoms with E-state index in [1.54, 1.807) is 0 Å². The van der Waals surface area contributed by atoms with Gasteiger partial charge >= 0.3 is 0 Å². The van der Waals surface area contributed by atoms with Crippen LogP contribution in [0.15, 0.2) is 6.07 Å². The summed E-state index contributed by atoms with van der Waals surface area (Å²) < 4.78 is 3.24. The van der Waals surface area contributed by atoms with Gasteiger partial charge in [0, 0.05) is 13.5 Å². The summed E-state index contributed by atoms with van der Waals surface area (Å²) in [5.41, 5.74) is 1.00. The minimum absolute atomic E-state index is 0.00639. The highest BCUT2D eigenvalue weighted by Crippen LogP contribution is 2.31. The summed E-state index contributed by atoms with van der Waals surface area (Å²) in [6, 6.07) is 1.86. The van der Waals surface area contributed by atoms with Crippen LogP contribution in [0.3, 0.4) is 0 Å². The van der Waals surface area contributed by atoms with Crippen LogP contribution in [-0.4, -0.2) is 20.7 Å². The Kier molecular flexibility index (Phi) is 5.61. The molecular formula is C13H16Cl2N4OS. The Balaban J connectivity index is 1.73. The number of amides is 1. The zero-order valence-corrected chi connectivity index (χ0v) is 14.1. The average molecular weight is 347 g/mol. The molecule has 0 saturated heterocycles. The van der Waals surface area contributed by atoms with Gasteiger partial charge in [-0.05, 0) is 31.4 Å². The molecule has 1 amide bonds. The van der Waals surface area contributed by atoms with Crippen LogP contribution < -0.4 is 5.32 Å².